The number of hydrogen-bond donors (Lipinski definition) is 1. The monoisotopic (exact) mass is 269 g/mol. The van der Waals surface area contributed by atoms with Crippen molar-refractivity contribution in [2.75, 3.05) is 19.5 Å². The third-order valence-electron chi connectivity index (χ3n) is 2.76. The maximum atomic E-state index is 11.9. The summed E-state index contributed by atoms with van der Waals surface area (Å²) < 4.78 is 11.1. The molecular weight excluding hydrogens is 250 g/mol. The molecule has 0 radical (unpaired) electrons. The second-order valence-corrected chi connectivity index (χ2v) is 4.92. The Morgan fingerprint density at radius 2 is 2.00 bits per heavy atom. The summed E-state index contributed by atoms with van der Waals surface area (Å²) >= 11 is 0. The molecule has 7 nitrogen and oxygen atoms in total. The van der Waals surface area contributed by atoms with Gasteiger partial charge in [0.1, 0.15) is 6.61 Å². The predicted molar refractivity (Wildman–Crippen MR) is 68.4 cm³/mol. The maximum Gasteiger partial charge on any atom is 0.358 e. The Bertz CT molecular complexity index is 505. The lowest BCUT2D eigenvalue weighted by atomic mass is 9.95. The van der Waals surface area contributed by atoms with Crippen LogP contribution in [0.25, 0.3) is 0 Å². The molecule has 0 aromatic carbocycles. The van der Waals surface area contributed by atoms with Gasteiger partial charge >= 0.3 is 11.9 Å². The topological polar surface area (TPSA) is 96.4 Å². The van der Waals surface area contributed by atoms with Crippen molar-refractivity contribution >= 4 is 17.6 Å². The van der Waals surface area contributed by atoms with E-state index < -0.39 is 17.4 Å². The van der Waals surface area contributed by atoms with Crippen LogP contribution in [0.1, 0.15) is 30.0 Å². The van der Waals surface area contributed by atoms with E-state index >= 15 is 0 Å². The molecule has 1 aromatic heterocycles. The number of nitrogens with zero attached hydrogens (tertiary/aromatic N) is 2. The smallest absolute Gasteiger partial charge is 0.358 e. The number of aromatic nitrogens is 2. The second-order valence-electron chi connectivity index (χ2n) is 4.92. The standard InChI is InChI=1S/C12H19N3O4/c1-7-8(13)9(15(4)14-7)10(16)19-6-12(2,3)11(17)18-5/h6,13H2,1-5H3. The Labute approximate surface area is 111 Å². The highest BCUT2D eigenvalue weighted by Crippen LogP contribution is 2.20. The molecule has 0 aliphatic carbocycles. The summed E-state index contributed by atoms with van der Waals surface area (Å²) in [5, 5.41) is 4.03. The lowest BCUT2D eigenvalue weighted by Gasteiger charge is -2.20. The van der Waals surface area contributed by atoms with Crippen molar-refractivity contribution in [3.05, 3.63) is 11.4 Å². The van der Waals surface area contributed by atoms with Crippen LogP contribution in [-0.4, -0.2) is 35.4 Å². The van der Waals surface area contributed by atoms with Crippen LogP contribution in [0.3, 0.4) is 0 Å². The number of nitrogen functional groups attached to an aromatic ring is 1. The Hall–Kier alpha value is -2.05. The molecule has 1 rings (SSSR count). The molecule has 0 aliphatic rings. The van der Waals surface area contributed by atoms with Gasteiger partial charge in [-0.1, -0.05) is 0 Å². The van der Waals surface area contributed by atoms with Gasteiger partial charge < -0.3 is 15.2 Å². The fraction of sp³-hybridized carbons (Fsp3) is 0.583. The predicted octanol–water partition coefficient (Wildman–Crippen LogP) is 0.667. The number of anilines is 1. The van der Waals surface area contributed by atoms with Crippen LogP contribution < -0.4 is 5.73 Å². The van der Waals surface area contributed by atoms with Gasteiger partial charge in [0.05, 0.1) is 23.9 Å². The summed E-state index contributed by atoms with van der Waals surface area (Å²) in [5.41, 5.74) is 5.86. The first-order valence-corrected chi connectivity index (χ1v) is 5.75. The van der Waals surface area contributed by atoms with Gasteiger partial charge in [0.15, 0.2) is 5.69 Å². The molecule has 7 heteroatoms. The first-order valence-electron chi connectivity index (χ1n) is 5.75. The minimum atomic E-state index is -0.910. The molecule has 0 bridgehead atoms. The van der Waals surface area contributed by atoms with Crippen molar-refractivity contribution in [1.82, 2.24) is 9.78 Å². The molecule has 0 unspecified atom stereocenters. The van der Waals surface area contributed by atoms with E-state index in [1.165, 1.54) is 11.8 Å². The van der Waals surface area contributed by atoms with Gasteiger partial charge in [-0.05, 0) is 20.8 Å². The van der Waals surface area contributed by atoms with E-state index in [4.69, 9.17) is 10.5 Å². The Kier molecular flexibility index (Phi) is 4.18. The van der Waals surface area contributed by atoms with Gasteiger partial charge in [-0.25, -0.2) is 4.79 Å². The Morgan fingerprint density at radius 3 is 2.42 bits per heavy atom. The van der Waals surface area contributed by atoms with Gasteiger partial charge in [0, 0.05) is 7.05 Å². The molecule has 0 saturated heterocycles. The Morgan fingerprint density at radius 1 is 1.42 bits per heavy atom. The summed E-state index contributed by atoms with van der Waals surface area (Å²) in [7, 11) is 2.89. The highest BCUT2D eigenvalue weighted by molar-refractivity contribution is 5.94. The van der Waals surface area contributed by atoms with Crippen molar-refractivity contribution in [3.8, 4) is 0 Å². The van der Waals surface area contributed by atoms with Crippen LogP contribution in [0.2, 0.25) is 0 Å². The highest BCUT2D eigenvalue weighted by Gasteiger charge is 2.31. The third kappa shape index (κ3) is 3.04. The van der Waals surface area contributed by atoms with E-state index in [0.29, 0.717) is 5.69 Å². The van der Waals surface area contributed by atoms with Crippen molar-refractivity contribution in [2.45, 2.75) is 20.8 Å². The summed E-state index contributed by atoms with van der Waals surface area (Å²) in [6.45, 7) is 4.86. The summed E-state index contributed by atoms with van der Waals surface area (Å²) in [6.07, 6.45) is 0. The molecule has 0 aliphatic heterocycles. The van der Waals surface area contributed by atoms with Gasteiger partial charge in [-0.3, -0.25) is 9.48 Å². The quantitative estimate of drug-likeness (QED) is 0.807. The zero-order chi connectivity index (χ0) is 14.8. The lowest BCUT2D eigenvalue weighted by molar-refractivity contribution is -0.152. The first kappa shape index (κ1) is 15.0. The minimum absolute atomic E-state index is 0.0951. The van der Waals surface area contributed by atoms with Crippen molar-refractivity contribution < 1.29 is 19.1 Å². The van der Waals surface area contributed by atoms with Crippen molar-refractivity contribution in [1.29, 1.82) is 0 Å². The normalized spacial score (nSPS) is 11.2. The van der Waals surface area contributed by atoms with Crippen LogP contribution in [0.5, 0.6) is 0 Å². The van der Waals surface area contributed by atoms with Crippen LogP contribution in [0, 0.1) is 12.3 Å². The van der Waals surface area contributed by atoms with Crippen LogP contribution >= 0.6 is 0 Å². The van der Waals surface area contributed by atoms with E-state index in [2.05, 4.69) is 9.84 Å². The molecule has 0 spiro atoms. The molecule has 2 N–H and O–H groups in total. The molecule has 1 aromatic rings. The number of ether oxygens (including phenoxy) is 2. The maximum absolute atomic E-state index is 11.9. The SMILES string of the molecule is COC(=O)C(C)(C)COC(=O)c1c(N)c(C)nn1C. The fourth-order valence-electron chi connectivity index (χ4n) is 1.57. The average molecular weight is 269 g/mol. The molecule has 19 heavy (non-hydrogen) atoms. The number of methoxy groups -OCH3 is 1. The number of carbonyl (C=O) groups is 2. The van der Waals surface area contributed by atoms with Gasteiger partial charge in [-0.2, -0.15) is 5.10 Å². The third-order valence-corrected chi connectivity index (χ3v) is 2.76. The van der Waals surface area contributed by atoms with Crippen molar-refractivity contribution in [2.24, 2.45) is 12.5 Å². The second kappa shape index (κ2) is 5.29. The molecule has 1 heterocycles. The zero-order valence-electron chi connectivity index (χ0n) is 11.8. The molecule has 0 amide bonds. The zero-order valence-corrected chi connectivity index (χ0v) is 11.8. The molecule has 106 valence electrons. The van der Waals surface area contributed by atoms with E-state index in [1.54, 1.807) is 27.8 Å². The fourth-order valence-corrected chi connectivity index (χ4v) is 1.57. The van der Waals surface area contributed by atoms with Gasteiger partial charge in [0.2, 0.25) is 0 Å². The van der Waals surface area contributed by atoms with Crippen LogP contribution in [0.4, 0.5) is 5.69 Å². The Balaban J connectivity index is 2.79. The number of rotatable bonds is 4. The number of aryl methyl sites for hydroxylation is 2. The largest absolute Gasteiger partial charge is 0.469 e. The number of nitrogens with two attached hydrogens (primary N) is 1. The first-order chi connectivity index (χ1) is 8.70. The lowest BCUT2D eigenvalue weighted by Crippen LogP contribution is -2.32. The summed E-state index contributed by atoms with van der Waals surface area (Å²) in [6, 6.07) is 0. The van der Waals surface area contributed by atoms with Crippen molar-refractivity contribution in [3.63, 3.8) is 0 Å². The molecular formula is C12H19N3O4. The molecule has 0 fully saturated rings. The van der Waals surface area contributed by atoms with E-state index in [1.807, 2.05) is 0 Å². The molecule has 0 saturated carbocycles. The average Bonchev–Trinajstić information content (AvgIpc) is 2.59. The number of hydrogen-bond acceptors (Lipinski definition) is 6. The highest BCUT2D eigenvalue weighted by atomic mass is 16.5. The van der Waals surface area contributed by atoms with E-state index in [9.17, 15) is 9.59 Å². The summed E-state index contributed by atoms with van der Waals surface area (Å²) in [5.74, 6) is -1.06. The molecule has 0 atom stereocenters. The minimum Gasteiger partial charge on any atom is -0.469 e. The van der Waals surface area contributed by atoms with Crippen LogP contribution in [0.15, 0.2) is 0 Å². The number of carbonyl (C=O) groups excluding carboxylic acids is 2. The van der Waals surface area contributed by atoms with E-state index in [0.717, 1.165) is 0 Å². The summed E-state index contributed by atoms with van der Waals surface area (Å²) in [4.78, 5) is 23.4. The van der Waals surface area contributed by atoms with E-state index in [-0.39, 0.29) is 18.0 Å². The van der Waals surface area contributed by atoms with Crippen LogP contribution in [-0.2, 0) is 21.3 Å². The van der Waals surface area contributed by atoms with Gasteiger partial charge in [0.25, 0.3) is 0 Å². The number of esters is 2. The van der Waals surface area contributed by atoms with Gasteiger partial charge in [-0.15, -0.1) is 0 Å².